The minimum atomic E-state index is 0.244. The molecule has 3 N–H and O–H groups in total. The first-order valence-electron chi connectivity index (χ1n) is 3.98. The highest BCUT2D eigenvalue weighted by molar-refractivity contribution is 4.76. The molecule has 1 atom stereocenters. The van der Waals surface area contributed by atoms with Crippen molar-refractivity contribution in [3.8, 4) is 0 Å². The second kappa shape index (κ2) is 3.94. The first-order valence-corrected chi connectivity index (χ1v) is 3.98. The van der Waals surface area contributed by atoms with Crippen LogP contribution in [0.25, 0.3) is 0 Å². The van der Waals surface area contributed by atoms with E-state index in [0.717, 1.165) is 13.0 Å². The zero-order valence-electron chi connectivity index (χ0n) is 7.57. The van der Waals surface area contributed by atoms with E-state index in [1.165, 1.54) is 0 Å². The molecule has 0 rings (SSSR count). The van der Waals surface area contributed by atoms with E-state index < -0.39 is 0 Å². The molecule has 2 nitrogen and oxygen atoms in total. The lowest BCUT2D eigenvalue weighted by molar-refractivity contribution is 0.367. The summed E-state index contributed by atoms with van der Waals surface area (Å²) in [5.74, 6) is 0. The second-order valence-electron chi connectivity index (χ2n) is 3.60. The molecule has 0 saturated carbocycles. The van der Waals surface area contributed by atoms with E-state index in [1.54, 1.807) is 0 Å². The molecule has 0 aromatic heterocycles. The lowest BCUT2D eigenvalue weighted by Gasteiger charge is -2.25. The first kappa shape index (κ1) is 9.92. The van der Waals surface area contributed by atoms with Crippen molar-refractivity contribution >= 4 is 0 Å². The minimum Gasteiger partial charge on any atom is -0.327 e. The number of nitrogens with two attached hydrogens (primary N) is 1. The van der Waals surface area contributed by atoms with Gasteiger partial charge in [-0.05, 0) is 27.2 Å². The Morgan fingerprint density at radius 3 is 2.30 bits per heavy atom. The van der Waals surface area contributed by atoms with Crippen LogP contribution in [0, 0.1) is 0 Å². The third kappa shape index (κ3) is 4.77. The van der Waals surface area contributed by atoms with E-state index in [2.05, 4.69) is 26.1 Å². The SMILES string of the molecule is CCC(C)(C)NCC(C)N. The van der Waals surface area contributed by atoms with E-state index >= 15 is 0 Å². The lowest BCUT2D eigenvalue weighted by atomic mass is 10.0. The van der Waals surface area contributed by atoms with Crippen LogP contribution in [0.15, 0.2) is 0 Å². The molecule has 0 radical (unpaired) electrons. The third-order valence-electron chi connectivity index (χ3n) is 1.79. The van der Waals surface area contributed by atoms with Gasteiger partial charge in [0.25, 0.3) is 0 Å². The highest BCUT2D eigenvalue weighted by Gasteiger charge is 2.13. The van der Waals surface area contributed by atoms with Gasteiger partial charge in [-0.25, -0.2) is 0 Å². The van der Waals surface area contributed by atoms with Crippen LogP contribution in [0.4, 0.5) is 0 Å². The van der Waals surface area contributed by atoms with Crippen LogP contribution in [0.1, 0.15) is 34.1 Å². The van der Waals surface area contributed by atoms with Gasteiger partial charge in [0.15, 0.2) is 0 Å². The number of hydrogen-bond donors (Lipinski definition) is 2. The highest BCUT2D eigenvalue weighted by atomic mass is 15.0. The van der Waals surface area contributed by atoms with Crippen LogP contribution in [0.5, 0.6) is 0 Å². The summed E-state index contributed by atoms with van der Waals surface area (Å²) in [6, 6.07) is 0.255. The van der Waals surface area contributed by atoms with Crippen molar-refractivity contribution in [3.63, 3.8) is 0 Å². The van der Waals surface area contributed by atoms with Gasteiger partial charge in [0.2, 0.25) is 0 Å². The van der Waals surface area contributed by atoms with Crippen LogP contribution in [0.3, 0.4) is 0 Å². The van der Waals surface area contributed by atoms with E-state index in [-0.39, 0.29) is 11.6 Å². The Morgan fingerprint density at radius 2 is 2.00 bits per heavy atom. The van der Waals surface area contributed by atoms with Crippen molar-refractivity contribution < 1.29 is 0 Å². The summed E-state index contributed by atoms with van der Waals surface area (Å²) in [7, 11) is 0. The third-order valence-corrected chi connectivity index (χ3v) is 1.79. The normalized spacial score (nSPS) is 15.3. The molecule has 0 aliphatic rings. The smallest absolute Gasteiger partial charge is 0.0136 e. The summed E-state index contributed by atoms with van der Waals surface area (Å²) in [6.45, 7) is 9.47. The molecule has 0 aromatic carbocycles. The molecular weight excluding hydrogens is 124 g/mol. The maximum atomic E-state index is 5.59. The van der Waals surface area contributed by atoms with E-state index in [4.69, 9.17) is 5.73 Å². The van der Waals surface area contributed by atoms with Gasteiger partial charge in [0, 0.05) is 18.1 Å². The molecular formula is C8H20N2. The summed E-state index contributed by atoms with van der Waals surface area (Å²) >= 11 is 0. The quantitative estimate of drug-likeness (QED) is 0.620. The van der Waals surface area contributed by atoms with Crippen molar-refractivity contribution in [2.75, 3.05) is 6.54 Å². The van der Waals surface area contributed by atoms with Crippen LogP contribution >= 0.6 is 0 Å². The molecule has 0 aromatic rings. The summed E-state index contributed by atoms with van der Waals surface area (Å²) < 4.78 is 0. The van der Waals surface area contributed by atoms with Crippen LogP contribution in [-0.4, -0.2) is 18.1 Å². The molecule has 2 heteroatoms. The van der Waals surface area contributed by atoms with Gasteiger partial charge in [-0.3, -0.25) is 0 Å². The maximum Gasteiger partial charge on any atom is 0.0136 e. The van der Waals surface area contributed by atoms with E-state index in [1.807, 2.05) is 6.92 Å². The van der Waals surface area contributed by atoms with E-state index in [9.17, 15) is 0 Å². The Hall–Kier alpha value is -0.0800. The Kier molecular flexibility index (Phi) is 3.91. The molecule has 0 aliphatic heterocycles. The molecule has 1 unspecified atom stereocenters. The standard InChI is InChI=1S/C8H20N2/c1-5-8(3,4)10-6-7(2)9/h7,10H,5-6,9H2,1-4H3. The van der Waals surface area contributed by atoms with Crippen molar-refractivity contribution in [1.82, 2.24) is 5.32 Å². The van der Waals surface area contributed by atoms with Crippen LogP contribution < -0.4 is 11.1 Å². The van der Waals surface area contributed by atoms with Crippen molar-refractivity contribution in [1.29, 1.82) is 0 Å². The molecule has 0 fully saturated rings. The molecule has 10 heavy (non-hydrogen) atoms. The molecule has 0 aliphatic carbocycles. The average molecular weight is 144 g/mol. The van der Waals surface area contributed by atoms with Gasteiger partial charge >= 0.3 is 0 Å². The number of hydrogen-bond acceptors (Lipinski definition) is 2. The second-order valence-corrected chi connectivity index (χ2v) is 3.60. The Balaban J connectivity index is 3.46. The van der Waals surface area contributed by atoms with Gasteiger partial charge in [-0.15, -0.1) is 0 Å². The summed E-state index contributed by atoms with van der Waals surface area (Å²) in [5.41, 5.74) is 5.84. The highest BCUT2D eigenvalue weighted by Crippen LogP contribution is 2.05. The fraction of sp³-hybridized carbons (Fsp3) is 1.00. The predicted molar refractivity (Wildman–Crippen MR) is 46.0 cm³/mol. The number of nitrogens with one attached hydrogen (secondary N) is 1. The topological polar surface area (TPSA) is 38.0 Å². The first-order chi connectivity index (χ1) is 4.48. The molecule has 0 spiro atoms. The zero-order valence-corrected chi connectivity index (χ0v) is 7.57. The Morgan fingerprint density at radius 1 is 1.50 bits per heavy atom. The van der Waals surface area contributed by atoms with Crippen LogP contribution in [-0.2, 0) is 0 Å². The molecule has 0 heterocycles. The molecule has 0 amide bonds. The van der Waals surface area contributed by atoms with Gasteiger partial charge in [0.1, 0.15) is 0 Å². The fourth-order valence-corrected chi connectivity index (χ4v) is 0.562. The fourth-order valence-electron chi connectivity index (χ4n) is 0.562. The van der Waals surface area contributed by atoms with Gasteiger partial charge < -0.3 is 11.1 Å². The largest absolute Gasteiger partial charge is 0.327 e. The summed E-state index contributed by atoms with van der Waals surface area (Å²) in [4.78, 5) is 0. The van der Waals surface area contributed by atoms with Crippen LogP contribution in [0.2, 0.25) is 0 Å². The summed E-state index contributed by atoms with van der Waals surface area (Å²) in [5, 5.41) is 3.38. The van der Waals surface area contributed by atoms with Gasteiger partial charge in [-0.2, -0.15) is 0 Å². The lowest BCUT2D eigenvalue weighted by Crippen LogP contribution is -2.44. The molecule has 62 valence electrons. The van der Waals surface area contributed by atoms with Crippen molar-refractivity contribution in [2.24, 2.45) is 5.73 Å². The molecule has 0 bridgehead atoms. The Labute approximate surface area is 64.2 Å². The van der Waals surface area contributed by atoms with Crippen molar-refractivity contribution in [3.05, 3.63) is 0 Å². The number of rotatable bonds is 4. The monoisotopic (exact) mass is 144 g/mol. The van der Waals surface area contributed by atoms with Crippen molar-refractivity contribution in [2.45, 2.75) is 45.7 Å². The Bertz CT molecular complexity index is 87.3. The summed E-state index contributed by atoms with van der Waals surface area (Å²) in [6.07, 6.45) is 1.14. The molecule has 0 saturated heterocycles. The van der Waals surface area contributed by atoms with E-state index in [0.29, 0.717) is 0 Å². The minimum absolute atomic E-state index is 0.244. The average Bonchev–Trinajstić information content (AvgIpc) is 1.85. The zero-order chi connectivity index (χ0) is 8.20. The van der Waals surface area contributed by atoms with Gasteiger partial charge in [0.05, 0.1) is 0 Å². The maximum absolute atomic E-state index is 5.59. The van der Waals surface area contributed by atoms with Gasteiger partial charge in [-0.1, -0.05) is 6.92 Å². The predicted octanol–water partition coefficient (Wildman–Crippen LogP) is 1.11.